The number of alkyl halides is 3. The monoisotopic (exact) mass is 503 g/mol. The minimum atomic E-state index is -4.84. The number of carbonyl (C=O) groups is 2. The topological polar surface area (TPSA) is 61.9 Å². The third-order valence-corrected chi connectivity index (χ3v) is 6.96. The molecule has 0 spiro atoms. The van der Waals surface area contributed by atoms with Crippen LogP contribution in [-0.4, -0.2) is 61.7 Å². The van der Waals surface area contributed by atoms with Crippen LogP contribution in [-0.2, 0) is 4.79 Å². The fourth-order valence-corrected chi connectivity index (χ4v) is 5.18. The number of hydrogen-bond donors (Lipinski definition) is 1. The van der Waals surface area contributed by atoms with Crippen LogP contribution in [0.3, 0.4) is 0 Å². The Morgan fingerprint density at radius 1 is 1.03 bits per heavy atom. The highest BCUT2D eigenvalue weighted by Gasteiger charge is 2.32. The highest BCUT2D eigenvalue weighted by atomic mass is 19.4. The standard InChI is InChI=1S/C27H32F3N3O3/c1-19-4-2-6-23(14-19)32-12-9-22(10-13-32)33-11-8-20(18-33)15-24(34)17-31-26(35)21-5-3-7-25(16-21)36-27(28,29)30/h2-7,14,16,20,22H,8-13,15,17-18H2,1H3,(H,31,35)/t20-/m0/s1. The van der Waals surface area contributed by atoms with Crippen molar-refractivity contribution in [2.24, 2.45) is 5.92 Å². The predicted octanol–water partition coefficient (Wildman–Crippen LogP) is 4.57. The van der Waals surface area contributed by atoms with Gasteiger partial charge >= 0.3 is 6.36 Å². The molecule has 0 radical (unpaired) electrons. The van der Waals surface area contributed by atoms with E-state index in [-0.39, 0.29) is 23.8 Å². The van der Waals surface area contributed by atoms with Crippen LogP contribution in [0, 0.1) is 12.8 Å². The Labute approximate surface area is 209 Å². The summed E-state index contributed by atoms with van der Waals surface area (Å²) >= 11 is 0. The second-order valence-electron chi connectivity index (χ2n) is 9.71. The lowest BCUT2D eigenvalue weighted by atomic mass is 10.0. The molecule has 2 aromatic rings. The molecule has 4 rings (SSSR count). The maximum absolute atomic E-state index is 12.5. The third-order valence-electron chi connectivity index (χ3n) is 6.96. The summed E-state index contributed by atoms with van der Waals surface area (Å²) in [5, 5.41) is 2.52. The zero-order valence-corrected chi connectivity index (χ0v) is 20.4. The van der Waals surface area contributed by atoms with Crippen molar-refractivity contribution in [3.63, 3.8) is 0 Å². The van der Waals surface area contributed by atoms with Crippen molar-refractivity contribution < 1.29 is 27.5 Å². The number of likely N-dealkylation sites (tertiary alicyclic amines) is 1. The quantitative estimate of drug-likeness (QED) is 0.572. The Balaban J connectivity index is 1.19. The first kappa shape index (κ1) is 26.0. The molecule has 9 heteroatoms. The van der Waals surface area contributed by atoms with E-state index in [1.54, 1.807) is 0 Å². The van der Waals surface area contributed by atoms with Gasteiger partial charge in [0, 0.05) is 43.3 Å². The second kappa shape index (κ2) is 11.3. The van der Waals surface area contributed by atoms with Crippen LogP contribution in [0.1, 0.15) is 41.6 Å². The number of carbonyl (C=O) groups excluding carboxylic acids is 2. The Kier molecular flexibility index (Phi) is 8.18. The number of nitrogens with one attached hydrogen (secondary N) is 1. The van der Waals surface area contributed by atoms with Crippen molar-refractivity contribution >= 4 is 17.4 Å². The number of anilines is 1. The van der Waals surface area contributed by atoms with E-state index >= 15 is 0 Å². The molecule has 1 amide bonds. The fourth-order valence-electron chi connectivity index (χ4n) is 5.18. The Hall–Kier alpha value is -3.07. The van der Waals surface area contributed by atoms with Gasteiger partial charge in [0.2, 0.25) is 0 Å². The van der Waals surface area contributed by atoms with E-state index in [0.29, 0.717) is 12.5 Å². The van der Waals surface area contributed by atoms with Crippen LogP contribution in [0.15, 0.2) is 48.5 Å². The lowest BCUT2D eigenvalue weighted by molar-refractivity contribution is -0.274. The number of Topliss-reactive ketones (excluding diaryl/α,β-unsaturated/α-hetero) is 1. The molecule has 0 unspecified atom stereocenters. The normalized spacial score (nSPS) is 19.3. The van der Waals surface area contributed by atoms with Gasteiger partial charge in [0.05, 0.1) is 6.54 Å². The molecule has 36 heavy (non-hydrogen) atoms. The summed E-state index contributed by atoms with van der Waals surface area (Å²) in [6.07, 6.45) is -1.30. The maximum Gasteiger partial charge on any atom is 0.573 e. The number of ketones is 1. The van der Waals surface area contributed by atoms with Crippen LogP contribution in [0.5, 0.6) is 5.75 Å². The van der Waals surface area contributed by atoms with Gasteiger partial charge in [0.1, 0.15) is 5.75 Å². The number of hydrogen-bond acceptors (Lipinski definition) is 5. The number of halogens is 3. The van der Waals surface area contributed by atoms with Crippen molar-refractivity contribution in [2.75, 3.05) is 37.6 Å². The summed E-state index contributed by atoms with van der Waals surface area (Å²) in [6, 6.07) is 13.9. The Bertz CT molecular complexity index is 1070. The number of ether oxygens (including phenoxy) is 1. The average molecular weight is 504 g/mol. The van der Waals surface area contributed by atoms with Crippen molar-refractivity contribution in [1.29, 1.82) is 0 Å². The first-order chi connectivity index (χ1) is 17.2. The first-order valence-corrected chi connectivity index (χ1v) is 12.4. The van der Waals surface area contributed by atoms with Gasteiger partial charge in [-0.2, -0.15) is 0 Å². The van der Waals surface area contributed by atoms with E-state index in [2.05, 4.69) is 51.0 Å². The number of piperidine rings is 1. The molecule has 2 saturated heterocycles. The molecule has 1 atom stereocenters. The summed E-state index contributed by atoms with van der Waals surface area (Å²) in [5.41, 5.74) is 2.55. The lowest BCUT2D eigenvalue weighted by Gasteiger charge is -2.38. The van der Waals surface area contributed by atoms with Gasteiger partial charge in [-0.1, -0.05) is 18.2 Å². The molecule has 2 aromatic carbocycles. The largest absolute Gasteiger partial charge is 0.573 e. The lowest BCUT2D eigenvalue weighted by Crippen LogP contribution is -2.44. The van der Waals surface area contributed by atoms with E-state index in [9.17, 15) is 22.8 Å². The molecule has 0 aromatic heterocycles. The number of rotatable bonds is 8. The molecule has 0 bridgehead atoms. The minimum Gasteiger partial charge on any atom is -0.406 e. The molecule has 0 aliphatic carbocycles. The average Bonchev–Trinajstić information content (AvgIpc) is 3.30. The summed E-state index contributed by atoms with van der Waals surface area (Å²) in [4.78, 5) is 29.7. The van der Waals surface area contributed by atoms with Crippen molar-refractivity contribution in [3.8, 4) is 5.75 Å². The molecule has 2 aliphatic rings. The number of amides is 1. The summed E-state index contributed by atoms with van der Waals surface area (Å²) in [5.74, 6) is -0.901. The number of benzene rings is 2. The van der Waals surface area contributed by atoms with Crippen LogP contribution >= 0.6 is 0 Å². The smallest absolute Gasteiger partial charge is 0.406 e. The first-order valence-electron chi connectivity index (χ1n) is 12.4. The summed E-state index contributed by atoms with van der Waals surface area (Å²) in [6.45, 7) is 5.87. The van der Waals surface area contributed by atoms with Gasteiger partial charge in [0.25, 0.3) is 5.91 Å². The molecular formula is C27H32F3N3O3. The number of nitrogens with zero attached hydrogens (tertiary/aromatic N) is 2. The SMILES string of the molecule is Cc1cccc(N2CCC(N3CC[C@@H](CC(=O)CNC(=O)c4cccc(OC(F)(F)F)c4)C3)CC2)c1. The molecule has 2 aliphatic heterocycles. The second-order valence-corrected chi connectivity index (χ2v) is 9.71. The zero-order valence-electron chi connectivity index (χ0n) is 20.4. The van der Waals surface area contributed by atoms with Gasteiger partial charge in [-0.25, -0.2) is 0 Å². The van der Waals surface area contributed by atoms with Gasteiger partial charge in [-0.15, -0.1) is 13.2 Å². The van der Waals surface area contributed by atoms with Gasteiger partial charge in [-0.3, -0.25) is 14.5 Å². The van der Waals surface area contributed by atoms with E-state index in [4.69, 9.17) is 0 Å². The fraction of sp³-hybridized carbons (Fsp3) is 0.481. The van der Waals surface area contributed by atoms with E-state index in [1.807, 2.05) is 0 Å². The van der Waals surface area contributed by atoms with Gasteiger partial charge < -0.3 is 15.0 Å². The van der Waals surface area contributed by atoms with Crippen LogP contribution in [0.25, 0.3) is 0 Å². The van der Waals surface area contributed by atoms with Crippen molar-refractivity contribution in [3.05, 3.63) is 59.7 Å². The Morgan fingerprint density at radius 3 is 2.50 bits per heavy atom. The molecule has 0 saturated carbocycles. The molecule has 1 N–H and O–H groups in total. The maximum atomic E-state index is 12.5. The predicted molar refractivity (Wildman–Crippen MR) is 131 cm³/mol. The Morgan fingerprint density at radius 2 is 1.78 bits per heavy atom. The van der Waals surface area contributed by atoms with Gasteiger partial charge in [-0.05, 0) is 74.5 Å². The highest BCUT2D eigenvalue weighted by Crippen LogP contribution is 2.28. The molecule has 194 valence electrons. The number of aryl methyl sites for hydroxylation is 1. The minimum absolute atomic E-state index is 0.00796. The van der Waals surface area contributed by atoms with Gasteiger partial charge in [0.15, 0.2) is 5.78 Å². The summed E-state index contributed by atoms with van der Waals surface area (Å²) in [7, 11) is 0. The summed E-state index contributed by atoms with van der Waals surface area (Å²) < 4.78 is 41.0. The van der Waals surface area contributed by atoms with E-state index in [0.717, 1.165) is 57.6 Å². The van der Waals surface area contributed by atoms with E-state index < -0.39 is 18.0 Å². The molecule has 6 nitrogen and oxygen atoms in total. The van der Waals surface area contributed by atoms with Crippen LogP contribution in [0.4, 0.5) is 18.9 Å². The van der Waals surface area contributed by atoms with Crippen molar-refractivity contribution in [1.82, 2.24) is 10.2 Å². The van der Waals surface area contributed by atoms with E-state index in [1.165, 1.54) is 23.4 Å². The van der Waals surface area contributed by atoms with Crippen molar-refractivity contribution in [2.45, 2.75) is 45.0 Å². The third kappa shape index (κ3) is 7.22. The van der Waals surface area contributed by atoms with Crippen LogP contribution < -0.4 is 15.0 Å². The van der Waals surface area contributed by atoms with Crippen LogP contribution in [0.2, 0.25) is 0 Å². The molecular weight excluding hydrogens is 471 g/mol. The molecule has 2 fully saturated rings. The molecule has 2 heterocycles. The highest BCUT2D eigenvalue weighted by molar-refractivity contribution is 5.97. The zero-order chi connectivity index (χ0) is 25.7.